The summed E-state index contributed by atoms with van der Waals surface area (Å²) in [6.45, 7) is 4.32. The molecule has 27 heavy (non-hydrogen) atoms. The van der Waals surface area contributed by atoms with Crippen molar-refractivity contribution in [3.8, 4) is 0 Å². The third-order valence-corrected chi connectivity index (χ3v) is 4.20. The number of aliphatic hydroxyl groups is 1. The lowest BCUT2D eigenvalue weighted by atomic mass is 9.95. The van der Waals surface area contributed by atoms with Crippen molar-refractivity contribution in [2.75, 3.05) is 20.2 Å². The van der Waals surface area contributed by atoms with E-state index in [2.05, 4.69) is 15.7 Å². The van der Waals surface area contributed by atoms with Gasteiger partial charge in [0.2, 0.25) is 0 Å². The minimum atomic E-state index is -0.424. The monoisotopic (exact) mass is 373 g/mol. The fourth-order valence-electron chi connectivity index (χ4n) is 2.35. The Balaban J connectivity index is 2.16. The van der Waals surface area contributed by atoms with Crippen LogP contribution >= 0.6 is 0 Å². The second-order valence-electron chi connectivity index (χ2n) is 7.07. The molecule has 2 rings (SSSR count). The zero-order valence-corrected chi connectivity index (χ0v) is 16.2. The van der Waals surface area contributed by atoms with Crippen LogP contribution in [-0.2, 0) is 23.2 Å². The van der Waals surface area contributed by atoms with Crippen molar-refractivity contribution in [2.45, 2.75) is 20.5 Å². The van der Waals surface area contributed by atoms with Gasteiger partial charge < -0.3 is 25.9 Å². The van der Waals surface area contributed by atoms with Gasteiger partial charge >= 0.3 is 0 Å². The number of ether oxygens (including phenoxy) is 1. The van der Waals surface area contributed by atoms with Gasteiger partial charge in [0, 0.05) is 44.4 Å². The van der Waals surface area contributed by atoms with Crippen LogP contribution in [0.15, 0.2) is 47.5 Å². The lowest BCUT2D eigenvalue weighted by Crippen LogP contribution is -2.39. The second kappa shape index (κ2) is 8.68. The van der Waals surface area contributed by atoms with E-state index in [1.54, 1.807) is 36.2 Å². The van der Waals surface area contributed by atoms with Crippen LogP contribution in [0.1, 0.15) is 19.5 Å². The van der Waals surface area contributed by atoms with Crippen molar-refractivity contribution in [3.05, 3.63) is 53.2 Å². The number of likely N-dealkylation sites (N-methyl/N-ethyl adjacent to an activating group) is 1. The Kier molecular flexibility index (Phi) is 6.57. The molecule has 8 heteroatoms. The van der Waals surface area contributed by atoms with Gasteiger partial charge in [0.1, 0.15) is 18.1 Å². The number of hydrogen-bond donors (Lipinski definition) is 4. The summed E-state index contributed by atoms with van der Waals surface area (Å²) in [5.41, 5.74) is 1.42. The number of hydrogen-bond acceptors (Lipinski definition) is 6. The number of carbonyl (C=O) groups excluding carboxylic acids is 1. The van der Waals surface area contributed by atoms with E-state index in [0.717, 1.165) is 5.69 Å². The molecule has 1 aromatic rings. The van der Waals surface area contributed by atoms with E-state index in [1.165, 1.54) is 0 Å². The molecule has 0 bridgehead atoms. The van der Waals surface area contributed by atoms with Gasteiger partial charge in [-0.2, -0.15) is 5.10 Å². The van der Waals surface area contributed by atoms with Crippen molar-refractivity contribution in [1.82, 2.24) is 20.4 Å². The molecule has 1 amide bonds. The van der Waals surface area contributed by atoms with Crippen LogP contribution in [0.3, 0.4) is 0 Å². The van der Waals surface area contributed by atoms with Gasteiger partial charge in [0.05, 0.1) is 11.4 Å². The predicted molar refractivity (Wildman–Crippen MR) is 103 cm³/mol. The van der Waals surface area contributed by atoms with Gasteiger partial charge in [-0.1, -0.05) is 13.8 Å². The molecule has 1 aliphatic rings. The number of nitrogens with zero attached hydrogens (tertiary/aromatic N) is 2. The standard InChI is InChI=1S/C19H27N5O3/c1-19(2,12-25)11-22-18(26)17(21-3)15-9-14(5-6-16(15)20)27-10-13-7-8-23-24(13)4/h5-9,20-21,25H,10-12H2,1-4H3,(H,22,26)/b17-15-,20-16?. The van der Waals surface area contributed by atoms with Gasteiger partial charge in [0.25, 0.3) is 5.91 Å². The first-order valence-electron chi connectivity index (χ1n) is 8.67. The molecule has 0 atom stereocenters. The summed E-state index contributed by atoms with van der Waals surface area (Å²) >= 11 is 0. The van der Waals surface area contributed by atoms with Gasteiger partial charge in [0.15, 0.2) is 0 Å². The molecule has 1 heterocycles. The molecule has 1 aromatic heterocycles. The minimum absolute atomic E-state index is 0.0385. The predicted octanol–water partition coefficient (Wildman–Crippen LogP) is 1.02. The molecule has 8 nitrogen and oxygen atoms in total. The van der Waals surface area contributed by atoms with Crippen LogP contribution in [0, 0.1) is 10.8 Å². The third kappa shape index (κ3) is 5.30. The number of nitrogens with one attached hydrogen (secondary N) is 3. The third-order valence-electron chi connectivity index (χ3n) is 4.20. The average molecular weight is 373 g/mol. The lowest BCUT2D eigenvalue weighted by Gasteiger charge is -2.23. The highest BCUT2D eigenvalue weighted by atomic mass is 16.5. The van der Waals surface area contributed by atoms with E-state index in [4.69, 9.17) is 10.1 Å². The Morgan fingerprint density at radius 3 is 2.74 bits per heavy atom. The van der Waals surface area contributed by atoms with E-state index >= 15 is 0 Å². The molecule has 146 valence electrons. The Morgan fingerprint density at radius 1 is 1.41 bits per heavy atom. The zero-order chi connectivity index (χ0) is 20.0. The minimum Gasteiger partial charge on any atom is -0.487 e. The number of allylic oxidation sites excluding steroid dienone is 4. The van der Waals surface area contributed by atoms with Crippen LogP contribution in [0.25, 0.3) is 0 Å². The molecular weight excluding hydrogens is 346 g/mol. The summed E-state index contributed by atoms with van der Waals surface area (Å²) in [6, 6.07) is 1.86. The maximum atomic E-state index is 12.6. The number of carbonyl (C=O) groups is 1. The van der Waals surface area contributed by atoms with Crippen LogP contribution in [0.2, 0.25) is 0 Å². The van der Waals surface area contributed by atoms with Crippen molar-refractivity contribution < 1.29 is 14.6 Å². The second-order valence-corrected chi connectivity index (χ2v) is 7.07. The van der Waals surface area contributed by atoms with E-state index in [0.29, 0.717) is 24.5 Å². The molecular formula is C19H27N5O3. The summed E-state index contributed by atoms with van der Waals surface area (Å²) < 4.78 is 7.51. The van der Waals surface area contributed by atoms with E-state index in [1.807, 2.05) is 27.0 Å². The van der Waals surface area contributed by atoms with Crippen LogP contribution in [0.4, 0.5) is 0 Å². The first kappa shape index (κ1) is 20.4. The maximum absolute atomic E-state index is 12.6. The van der Waals surface area contributed by atoms with Gasteiger partial charge in [-0.05, 0) is 24.3 Å². The smallest absolute Gasteiger partial charge is 0.268 e. The van der Waals surface area contributed by atoms with Crippen molar-refractivity contribution in [1.29, 1.82) is 5.41 Å². The number of aryl methyl sites for hydroxylation is 1. The molecule has 0 spiro atoms. The molecule has 0 fully saturated rings. The zero-order valence-electron chi connectivity index (χ0n) is 16.2. The molecule has 0 saturated heterocycles. The first-order chi connectivity index (χ1) is 12.8. The number of rotatable bonds is 8. The van der Waals surface area contributed by atoms with E-state index < -0.39 is 5.41 Å². The van der Waals surface area contributed by atoms with Crippen LogP contribution in [0.5, 0.6) is 0 Å². The average Bonchev–Trinajstić information content (AvgIpc) is 3.06. The van der Waals surface area contributed by atoms with Gasteiger partial charge in [-0.15, -0.1) is 0 Å². The highest BCUT2D eigenvalue weighted by Crippen LogP contribution is 2.19. The molecule has 1 aliphatic carbocycles. The molecule has 0 radical (unpaired) electrons. The van der Waals surface area contributed by atoms with Gasteiger partial charge in [-0.3, -0.25) is 9.48 Å². The number of aromatic nitrogens is 2. The van der Waals surface area contributed by atoms with Crippen molar-refractivity contribution in [3.63, 3.8) is 0 Å². The SMILES string of the molecule is CN/C(C(=O)NCC(C)(C)CO)=C1/C=C(OCc2ccnn2C)C=CC1=N. The summed E-state index contributed by atoms with van der Waals surface area (Å²) in [4.78, 5) is 12.6. The normalized spacial score (nSPS) is 16.0. The quantitative estimate of drug-likeness (QED) is 0.508. The van der Waals surface area contributed by atoms with Crippen LogP contribution in [-0.4, -0.2) is 46.7 Å². The Bertz CT molecular complexity index is 802. The topological polar surface area (TPSA) is 112 Å². The Hall–Kier alpha value is -2.87. The fourth-order valence-corrected chi connectivity index (χ4v) is 2.35. The largest absolute Gasteiger partial charge is 0.487 e. The molecule has 0 aromatic carbocycles. The summed E-state index contributed by atoms with van der Waals surface area (Å²) in [5, 5.41) is 27.2. The summed E-state index contributed by atoms with van der Waals surface area (Å²) in [7, 11) is 3.47. The molecule has 0 unspecified atom stereocenters. The van der Waals surface area contributed by atoms with E-state index in [-0.39, 0.29) is 23.9 Å². The summed E-state index contributed by atoms with van der Waals surface area (Å²) in [6.07, 6.45) is 6.65. The maximum Gasteiger partial charge on any atom is 0.268 e. The number of aliphatic hydroxyl groups excluding tert-OH is 1. The van der Waals surface area contributed by atoms with Crippen molar-refractivity contribution >= 4 is 11.6 Å². The number of amides is 1. The fraction of sp³-hybridized carbons (Fsp3) is 0.421. The Morgan fingerprint density at radius 2 is 2.15 bits per heavy atom. The highest BCUT2D eigenvalue weighted by Gasteiger charge is 2.22. The summed E-state index contributed by atoms with van der Waals surface area (Å²) in [5.74, 6) is 0.217. The first-order valence-corrected chi connectivity index (χ1v) is 8.67. The highest BCUT2D eigenvalue weighted by molar-refractivity contribution is 6.14. The Labute approximate surface area is 159 Å². The molecule has 0 saturated carbocycles. The van der Waals surface area contributed by atoms with Crippen LogP contribution < -0.4 is 10.6 Å². The molecule has 4 N–H and O–H groups in total. The lowest BCUT2D eigenvalue weighted by molar-refractivity contribution is -0.118. The van der Waals surface area contributed by atoms with Gasteiger partial charge in [-0.25, -0.2) is 0 Å². The van der Waals surface area contributed by atoms with E-state index in [9.17, 15) is 9.90 Å². The van der Waals surface area contributed by atoms with Crippen molar-refractivity contribution in [2.24, 2.45) is 12.5 Å². The molecule has 0 aliphatic heterocycles.